The number of nitrogens with zero attached hydrogens (tertiary/aromatic N) is 2. The Kier molecular flexibility index (Phi) is 8.88. The van der Waals surface area contributed by atoms with Gasteiger partial charge in [0.25, 0.3) is 0 Å². The number of hydrogen-bond donors (Lipinski definition) is 1. The average Bonchev–Trinajstić information content (AvgIpc) is 3.00. The highest BCUT2D eigenvalue weighted by atomic mass is 35.5. The second-order valence-electron chi connectivity index (χ2n) is 6.02. The first-order chi connectivity index (χ1) is 11.7. The molecule has 0 radical (unpaired) electrons. The van der Waals surface area contributed by atoms with Crippen molar-refractivity contribution in [1.29, 1.82) is 0 Å². The van der Waals surface area contributed by atoms with Gasteiger partial charge in [-0.05, 0) is 37.3 Å². The van der Waals surface area contributed by atoms with Crippen LogP contribution in [0.25, 0.3) is 0 Å². The molecule has 1 aromatic heterocycles. The molecule has 0 atom stereocenters. The van der Waals surface area contributed by atoms with Gasteiger partial charge in [-0.25, -0.2) is 0 Å². The molecule has 1 aliphatic rings. The van der Waals surface area contributed by atoms with E-state index < -0.39 is 0 Å². The van der Waals surface area contributed by atoms with Crippen LogP contribution in [0.15, 0.2) is 17.1 Å². The minimum absolute atomic E-state index is 0.670. The molecule has 0 spiro atoms. The van der Waals surface area contributed by atoms with E-state index in [1.165, 1.54) is 4.88 Å². The highest BCUT2D eigenvalue weighted by Gasteiger charge is 2.13. The molecule has 0 bridgehead atoms. The van der Waals surface area contributed by atoms with E-state index in [2.05, 4.69) is 21.3 Å². The molecule has 2 heterocycles. The van der Waals surface area contributed by atoms with Crippen molar-refractivity contribution in [3.8, 4) is 0 Å². The standard InChI is InChI=1S/C17H28ClN3O2S/c1-19-17(21(2)12-15-4-5-16(18)24-15)20-8-3-9-23-13-14-6-10-22-11-7-14/h4-5,14H,3,6-13H2,1-2H3,(H,19,20). The maximum absolute atomic E-state index is 5.98. The maximum atomic E-state index is 5.98. The lowest BCUT2D eigenvalue weighted by atomic mass is 10.0. The number of nitrogens with one attached hydrogen (secondary N) is 1. The summed E-state index contributed by atoms with van der Waals surface area (Å²) in [6.45, 7) is 5.07. The van der Waals surface area contributed by atoms with Crippen LogP contribution in [0.2, 0.25) is 4.34 Å². The number of guanidine groups is 1. The predicted molar refractivity (Wildman–Crippen MR) is 101 cm³/mol. The lowest BCUT2D eigenvalue weighted by Crippen LogP contribution is -2.39. The molecule has 5 nitrogen and oxygen atoms in total. The predicted octanol–water partition coefficient (Wildman–Crippen LogP) is 3.24. The van der Waals surface area contributed by atoms with Crippen molar-refractivity contribution in [2.45, 2.75) is 25.8 Å². The van der Waals surface area contributed by atoms with Crippen LogP contribution in [0, 0.1) is 5.92 Å². The molecule has 7 heteroatoms. The number of ether oxygens (including phenoxy) is 2. The van der Waals surface area contributed by atoms with Crippen molar-refractivity contribution in [3.05, 3.63) is 21.3 Å². The summed E-state index contributed by atoms with van der Waals surface area (Å²) in [6, 6.07) is 3.99. The van der Waals surface area contributed by atoms with Gasteiger partial charge in [0, 0.05) is 51.9 Å². The lowest BCUT2D eigenvalue weighted by molar-refractivity contribution is 0.0203. The quantitative estimate of drug-likeness (QED) is 0.431. The molecule has 0 aromatic carbocycles. The average molecular weight is 374 g/mol. The van der Waals surface area contributed by atoms with Crippen LogP contribution >= 0.6 is 22.9 Å². The summed E-state index contributed by atoms with van der Waals surface area (Å²) >= 11 is 7.58. The molecule has 24 heavy (non-hydrogen) atoms. The van der Waals surface area contributed by atoms with Crippen molar-refractivity contribution in [1.82, 2.24) is 10.2 Å². The number of rotatable bonds is 8. The van der Waals surface area contributed by atoms with Crippen LogP contribution in [0.5, 0.6) is 0 Å². The van der Waals surface area contributed by atoms with Gasteiger partial charge in [0.2, 0.25) is 0 Å². The molecule has 1 saturated heterocycles. The molecule has 0 amide bonds. The van der Waals surface area contributed by atoms with E-state index in [9.17, 15) is 0 Å². The Morgan fingerprint density at radius 1 is 1.46 bits per heavy atom. The summed E-state index contributed by atoms with van der Waals surface area (Å²) in [5.74, 6) is 1.56. The summed E-state index contributed by atoms with van der Waals surface area (Å²) in [6.07, 6.45) is 3.23. The van der Waals surface area contributed by atoms with Gasteiger partial charge in [-0.2, -0.15) is 0 Å². The Hall–Kier alpha value is -0.820. The molecule has 1 N–H and O–H groups in total. The molecular formula is C17H28ClN3O2S. The highest BCUT2D eigenvalue weighted by molar-refractivity contribution is 7.16. The molecule has 1 aromatic rings. The molecule has 0 saturated carbocycles. The Bertz CT molecular complexity index is 504. The lowest BCUT2D eigenvalue weighted by Gasteiger charge is -2.22. The summed E-state index contributed by atoms with van der Waals surface area (Å²) < 4.78 is 12.0. The third kappa shape index (κ3) is 6.97. The molecule has 0 aliphatic carbocycles. The zero-order valence-electron chi connectivity index (χ0n) is 14.6. The van der Waals surface area contributed by atoms with Gasteiger partial charge >= 0.3 is 0 Å². The first-order valence-electron chi connectivity index (χ1n) is 8.50. The van der Waals surface area contributed by atoms with E-state index in [0.717, 1.165) is 69.1 Å². The summed E-state index contributed by atoms with van der Waals surface area (Å²) in [4.78, 5) is 7.66. The third-order valence-electron chi connectivity index (χ3n) is 4.04. The fraction of sp³-hybridized carbons (Fsp3) is 0.706. The van der Waals surface area contributed by atoms with E-state index in [0.29, 0.717) is 5.92 Å². The van der Waals surface area contributed by atoms with E-state index in [-0.39, 0.29) is 0 Å². The molecule has 136 valence electrons. The largest absolute Gasteiger partial charge is 0.381 e. The maximum Gasteiger partial charge on any atom is 0.193 e. The third-order valence-corrected chi connectivity index (χ3v) is 5.25. The van der Waals surface area contributed by atoms with Crippen LogP contribution < -0.4 is 5.32 Å². The van der Waals surface area contributed by atoms with E-state index in [1.54, 1.807) is 11.3 Å². The number of aliphatic imine (C=N–C) groups is 1. The Balaban J connectivity index is 1.57. The van der Waals surface area contributed by atoms with Crippen LogP contribution in [0.3, 0.4) is 0 Å². The SMILES string of the molecule is CN=C(NCCCOCC1CCOCC1)N(C)Cc1ccc(Cl)s1. The zero-order valence-corrected chi connectivity index (χ0v) is 16.2. The molecule has 1 fully saturated rings. The molecule has 0 unspecified atom stereocenters. The van der Waals surface area contributed by atoms with Crippen molar-refractivity contribution < 1.29 is 9.47 Å². The normalized spacial score (nSPS) is 16.4. The topological polar surface area (TPSA) is 46.1 Å². The van der Waals surface area contributed by atoms with Crippen LogP contribution in [-0.2, 0) is 16.0 Å². The number of thiophene rings is 1. The number of hydrogen-bond acceptors (Lipinski definition) is 4. The Morgan fingerprint density at radius 3 is 2.92 bits per heavy atom. The first-order valence-corrected chi connectivity index (χ1v) is 9.70. The monoisotopic (exact) mass is 373 g/mol. The minimum atomic E-state index is 0.670. The van der Waals surface area contributed by atoms with Gasteiger partial charge in [-0.15, -0.1) is 11.3 Å². The van der Waals surface area contributed by atoms with E-state index >= 15 is 0 Å². The van der Waals surface area contributed by atoms with Crippen molar-refractivity contribution in [2.24, 2.45) is 10.9 Å². The van der Waals surface area contributed by atoms with Gasteiger partial charge in [0.05, 0.1) is 10.9 Å². The Morgan fingerprint density at radius 2 is 2.25 bits per heavy atom. The van der Waals surface area contributed by atoms with Crippen LogP contribution in [-0.4, -0.2) is 57.9 Å². The molecular weight excluding hydrogens is 346 g/mol. The minimum Gasteiger partial charge on any atom is -0.381 e. The van der Waals surface area contributed by atoms with Gasteiger partial charge in [0.15, 0.2) is 5.96 Å². The van der Waals surface area contributed by atoms with Crippen molar-refractivity contribution in [2.75, 3.05) is 47.1 Å². The molecule has 1 aliphatic heterocycles. The zero-order chi connectivity index (χ0) is 17.2. The van der Waals surface area contributed by atoms with Crippen molar-refractivity contribution >= 4 is 28.9 Å². The second-order valence-corrected chi connectivity index (χ2v) is 7.82. The summed E-state index contributed by atoms with van der Waals surface area (Å²) in [5, 5.41) is 3.38. The van der Waals surface area contributed by atoms with Crippen molar-refractivity contribution in [3.63, 3.8) is 0 Å². The second kappa shape index (κ2) is 10.9. The van der Waals surface area contributed by atoms with Crippen LogP contribution in [0.1, 0.15) is 24.1 Å². The smallest absolute Gasteiger partial charge is 0.193 e. The summed E-state index contributed by atoms with van der Waals surface area (Å²) in [5.41, 5.74) is 0. The first kappa shape index (κ1) is 19.5. The van der Waals surface area contributed by atoms with Crippen LogP contribution in [0.4, 0.5) is 0 Å². The van der Waals surface area contributed by atoms with Gasteiger partial charge in [-0.3, -0.25) is 4.99 Å². The molecule has 2 rings (SSSR count). The highest BCUT2D eigenvalue weighted by Crippen LogP contribution is 2.22. The van der Waals surface area contributed by atoms with Gasteiger partial charge in [0.1, 0.15) is 0 Å². The fourth-order valence-electron chi connectivity index (χ4n) is 2.67. The van der Waals surface area contributed by atoms with E-state index in [4.69, 9.17) is 21.1 Å². The van der Waals surface area contributed by atoms with Gasteiger partial charge in [-0.1, -0.05) is 11.6 Å². The fourth-order valence-corrected chi connectivity index (χ4v) is 3.81. The van der Waals surface area contributed by atoms with E-state index in [1.807, 2.05) is 20.2 Å². The Labute approximate surface area is 154 Å². The summed E-state index contributed by atoms with van der Waals surface area (Å²) in [7, 11) is 3.84. The number of halogens is 1. The van der Waals surface area contributed by atoms with Gasteiger partial charge < -0.3 is 19.7 Å².